The highest BCUT2D eigenvalue weighted by Gasteiger charge is 2.26. The van der Waals surface area contributed by atoms with Gasteiger partial charge >= 0.3 is 0 Å². The number of benzene rings is 1. The lowest BCUT2D eigenvalue weighted by Crippen LogP contribution is -2.39. The van der Waals surface area contributed by atoms with Crippen LogP contribution in [0.1, 0.15) is 48.9 Å². The zero-order valence-electron chi connectivity index (χ0n) is 17.0. The van der Waals surface area contributed by atoms with Crippen molar-refractivity contribution < 1.29 is 9.59 Å². The standard InChI is InChI=1S/C22H28ClN3O2S/c1-15(2)21(28)24-9-8-19-14-29-22(25-19)17-6-4-10-26(13-17)20(27)12-16-5-3-7-18(23)11-16/h3,5,7,11,14-15,17H,4,6,8-10,12-13H2,1-2H3,(H,24,28)/t17-/m0/s1. The van der Waals surface area contributed by atoms with E-state index in [0.29, 0.717) is 18.0 Å². The minimum Gasteiger partial charge on any atom is -0.355 e. The molecule has 5 nitrogen and oxygen atoms in total. The zero-order chi connectivity index (χ0) is 20.8. The summed E-state index contributed by atoms with van der Waals surface area (Å²) in [4.78, 5) is 31.1. The van der Waals surface area contributed by atoms with Gasteiger partial charge in [-0.05, 0) is 30.5 Å². The van der Waals surface area contributed by atoms with E-state index in [9.17, 15) is 9.59 Å². The van der Waals surface area contributed by atoms with E-state index in [1.165, 1.54) is 0 Å². The average molecular weight is 434 g/mol. The van der Waals surface area contributed by atoms with Gasteiger partial charge in [0.2, 0.25) is 11.8 Å². The van der Waals surface area contributed by atoms with Gasteiger partial charge in [-0.3, -0.25) is 9.59 Å². The number of carbonyl (C=O) groups excluding carboxylic acids is 2. The molecule has 1 fully saturated rings. The van der Waals surface area contributed by atoms with Crippen molar-refractivity contribution in [3.8, 4) is 0 Å². The van der Waals surface area contributed by atoms with Crippen molar-refractivity contribution in [3.05, 3.63) is 50.9 Å². The summed E-state index contributed by atoms with van der Waals surface area (Å²) in [5.74, 6) is 0.501. The molecule has 0 spiro atoms. The molecule has 7 heteroatoms. The fraction of sp³-hybridized carbons (Fsp3) is 0.500. The molecule has 29 heavy (non-hydrogen) atoms. The van der Waals surface area contributed by atoms with Crippen LogP contribution in [0.25, 0.3) is 0 Å². The molecule has 0 radical (unpaired) electrons. The molecule has 3 rings (SSSR count). The lowest BCUT2D eigenvalue weighted by Gasteiger charge is -2.32. The molecule has 2 aromatic rings. The van der Waals surface area contributed by atoms with Crippen LogP contribution in [-0.4, -0.2) is 41.3 Å². The zero-order valence-corrected chi connectivity index (χ0v) is 18.6. The van der Waals surface area contributed by atoms with Gasteiger partial charge in [0.05, 0.1) is 17.1 Å². The number of hydrogen-bond acceptors (Lipinski definition) is 4. The van der Waals surface area contributed by atoms with E-state index in [2.05, 4.69) is 10.7 Å². The van der Waals surface area contributed by atoms with Gasteiger partial charge in [0.1, 0.15) is 0 Å². The number of likely N-dealkylation sites (tertiary alicyclic amines) is 1. The molecule has 156 valence electrons. The van der Waals surface area contributed by atoms with E-state index >= 15 is 0 Å². The van der Waals surface area contributed by atoms with Crippen LogP contribution < -0.4 is 5.32 Å². The van der Waals surface area contributed by atoms with Crippen LogP contribution in [0.15, 0.2) is 29.6 Å². The van der Waals surface area contributed by atoms with Crippen molar-refractivity contribution >= 4 is 34.8 Å². The van der Waals surface area contributed by atoms with Gasteiger partial charge in [-0.2, -0.15) is 0 Å². The Labute approximate surface area is 181 Å². The maximum atomic E-state index is 12.7. The molecule has 0 saturated carbocycles. The second-order valence-corrected chi connectivity index (χ2v) is 9.18. The van der Waals surface area contributed by atoms with Crippen molar-refractivity contribution in [3.63, 3.8) is 0 Å². The minimum atomic E-state index is -0.00124. The van der Waals surface area contributed by atoms with Crippen LogP contribution in [0.3, 0.4) is 0 Å². The Morgan fingerprint density at radius 3 is 2.97 bits per heavy atom. The Hall–Kier alpha value is -1.92. The first-order valence-electron chi connectivity index (χ1n) is 10.2. The number of rotatable bonds is 7. The molecule has 0 aliphatic carbocycles. The summed E-state index contributed by atoms with van der Waals surface area (Å²) in [6.45, 7) is 5.90. The Bertz CT molecular complexity index is 852. The maximum absolute atomic E-state index is 12.7. The van der Waals surface area contributed by atoms with E-state index in [4.69, 9.17) is 16.6 Å². The number of carbonyl (C=O) groups is 2. The first-order chi connectivity index (χ1) is 13.9. The summed E-state index contributed by atoms with van der Waals surface area (Å²) in [6.07, 6.45) is 3.16. The number of piperidine rings is 1. The Morgan fingerprint density at radius 2 is 2.21 bits per heavy atom. The topological polar surface area (TPSA) is 62.3 Å². The molecule has 1 saturated heterocycles. The second-order valence-electron chi connectivity index (χ2n) is 7.86. The van der Waals surface area contributed by atoms with Crippen LogP contribution in [0.5, 0.6) is 0 Å². The highest BCUT2D eigenvalue weighted by atomic mass is 35.5. The summed E-state index contributed by atoms with van der Waals surface area (Å²) < 4.78 is 0. The predicted molar refractivity (Wildman–Crippen MR) is 117 cm³/mol. The normalized spacial score (nSPS) is 16.8. The van der Waals surface area contributed by atoms with E-state index < -0.39 is 0 Å². The summed E-state index contributed by atoms with van der Waals surface area (Å²) in [5.41, 5.74) is 1.96. The van der Waals surface area contributed by atoms with Gasteiger partial charge in [0.25, 0.3) is 0 Å². The van der Waals surface area contributed by atoms with Gasteiger partial charge in [-0.1, -0.05) is 37.6 Å². The predicted octanol–water partition coefficient (Wildman–Crippen LogP) is 4.06. The van der Waals surface area contributed by atoms with E-state index in [0.717, 1.165) is 48.6 Å². The molecule has 1 N–H and O–H groups in total. The van der Waals surface area contributed by atoms with Gasteiger partial charge in [-0.25, -0.2) is 4.98 Å². The quantitative estimate of drug-likeness (QED) is 0.716. The van der Waals surface area contributed by atoms with E-state index in [-0.39, 0.29) is 23.7 Å². The lowest BCUT2D eigenvalue weighted by molar-refractivity contribution is -0.131. The maximum Gasteiger partial charge on any atom is 0.227 e. The second kappa shape index (κ2) is 10.2. The van der Waals surface area contributed by atoms with Crippen LogP contribution >= 0.6 is 22.9 Å². The van der Waals surface area contributed by atoms with Crippen molar-refractivity contribution in [1.29, 1.82) is 0 Å². The SMILES string of the molecule is CC(C)C(=O)NCCc1csc([C@H]2CCCN(C(=O)Cc3cccc(Cl)c3)C2)n1. The number of halogens is 1. The molecule has 1 aliphatic heterocycles. The summed E-state index contributed by atoms with van der Waals surface area (Å²) >= 11 is 7.70. The van der Waals surface area contributed by atoms with E-state index in [1.807, 2.05) is 43.0 Å². The molecule has 1 aliphatic rings. The summed E-state index contributed by atoms with van der Waals surface area (Å²) in [6, 6.07) is 7.49. The first kappa shape index (κ1) is 21.8. The fourth-order valence-corrected chi connectivity index (χ4v) is 4.68. The molecule has 1 aromatic carbocycles. The van der Waals surface area contributed by atoms with Gasteiger partial charge in [0, 0.05) is 48.3 Å². The van der Waals surface area contributed by atoms with Crippen LogP contribution in [-0.2, 0) is 22.4 Å². The molecule has 2 amide bonds. The minimum absolute atomic E-state index is 0.00124. The van der Waals surface area contributed by atoms with Crippen molar-refractivity contribution in [1.82, 2.24) is 15.2 Å². The number of hydrogen-bond donors (Lipinski definition) is 1. The van der Waals surface area contributed by atoms with Crippen LogP contribution in [0.4, 0.5) is 0 Å². The number of aromatic nitrogens is 1. The van der Waals surface area contributed by atoms with E-state index in [1.54, 1.807) is 11.3 Å². The molecule has 0 bridgehead atoms. The third-order valence-electron chi connectivity index (χ3n) is 5.14. The number of nitrogens with one attached hydrogen (secondary N) is 1. The average Bonchev–Trinajstić information content (AvgIpc) is 3.17. The molecule has 2 heterocycles. The monoisotopic (exact) mass is 433 g/mol. The highest BCUT2D eigenvalue weighted by molar-refractivity contribution is 7.09. The third kappa shape index (κ3) is 6.28. The Balaban J connectivity index is 1.53. The van der Waals surface area contributed by atoms with Crippen LogP contribution in [0.2, 0.25) is 5.02 Å². The number of nitrogens with zero attached hydrogens (tertiary/aromatic N) is 2. The summed E-state index contributed by atoms with van der Waals surface area (Å²) in [5, 5.41) is 6.76. The number of amides is 2. The lowest BCUT2D eigenvalue weighted by atomic mass is 9.98. The van der Waals surface area contributed by atoms with Gasteiger partial charge in [-0.15, -0.1) is 11.3 Å². The van der Waals surface area contributed by atoms with Crippen molar-refractivity contribution in [2.75, 3.05) is 19.6 Å². The molecular weight excluding hydrogens is 406 g/mol. The Kier molecular flexibility index (Phi) is 7.67. The molecule has 1 atom stereocenters. The highest BCUT2D eigenvalue weighted by Crippen LogP contribution is 2.29. The van der Waals surface area contributed by atoms with Crippen molar-refractivity contribution in [2.45, 2.75) is 45.4 Å². The van der Waals surface area contributed by atoms with Crippen molar-refractivity contribution in [2.24, 2.45) is 5.92 Å². The van der Waals surface area contributed by atoms with Gasteiger partial charge in [0.15, 0.2) is 0 Å². The smallest absolute Gasteiger partial charge is 0.227 e. The largest absolute Gasteiger partial charge is 0.355 e. The fourth-order valence-electron chi connectivity index (χ4n) is 3.48. The molecule has 1 aromatic heterocycles. The van der Waals surface area contributed by atoms with Crippen LogP contribution in [0, 0.1) is 5.92 Å². The first-order valence-corrected chi connectivity index (χ1v) is 11.4. The summed E-state index contributed by atoms with van der Waals surface area (Å²) in [7, 11) is 0. The Morgan fingerprint density at radius 1 is 1.38 bits per heavy atom. The van der Waals surface area contributed by atoms with Gasteiger partial charge < -0.3 is 10.2 Å². The third-order valence-corrected chi connectivity index (χ3v) is 6.43. The molecule has 0 unspecified atom stereocenters. The number of thiazole rings is 1. The molecular formula is C22H28ClN3O2S.